The number of carboxylic acids is 1. The number of hydrogen-bond acceptors (Lipinski definition) is 4. The van der Waals surface area contributed by atoms with Crippen molar-refractivity contribution in [2.24, 2.45) is 0 Å². The van der Waals surface area contributed by atoms with Crippen LogP contribution >= 0.6 is 0 Å². The van der Waals surface area contributed by atoms with E-state index in [1.807, 2.05) is 30.5 Å². The van der Waals surface area contributed by atoms with E-state index in [4.69, 9.17) is 4.74 Å². The van der Waals surface area contributed by atoms with Crippen molar-refractivity contribution in [3.05, 3.63) is 59.4 Å². The second kappa shape index (κ2) is 7.08. The standard InChI is InChI=1S/C21H24N2O3/c24-20(25)21(26-19-7-6-17-4-1-5-18(17)13-19)8-11-23(12-9-21)15-16-3-2-10-22-14-16/h2-3,6-7,10,13-14H,1,4-5,8-9,11-12,15H2,(H,24,25). The average molecular weight is 352 g/mol. The van der Waals surface area contributed by atoms with Gasteiger partial charge in [0.2, 0.25) is 5.60 Å². The Morgan fingerprint density at radius 1 is 1.19 bits per heavy atom. The molecule has 0 radical (unpaired) electrons. The Hall–Kier alpha value is -2.40. The first-order chi connectivity index (χ1) is 12.6. The number of nitrogens with zero attached hydrogens (tertiary/aromatic N) is 2. The van der Waals surface area contributed by atoms with E-state index >= 15 is 0 Å². The molecule has 1 aliphatic carbocycles. The monoisotopic (exact) mass is 352 g/mol. The van der Waals surface area contributed by atoms with Crippen molar-refractivity contribution in [1.29, 1.82) is 0 Å². The second-order valence-electron chi connectivity index (χ2n) is 7.32. The summed E-state index contributed by atoms with van der Waals surface area (Å²) in [6.07, 6.45) is 7.94. The summed E-state index contributed by atoms with van der Waals surface area (Å²) in [5.41, 5.74) is 2.69. The van der Waals surface area contributed by atoms with Gasteiger partial charge in [0.25, 0.3) is 0 Å². The van der Waals surface area contributed by atoms with Crippen LogP contribution in [0.1, 0.15) is 36.0 Å². The number of aryl methyl sites for hydroxylation is 2. The van der Waals surface area contributed by atoms with Crippen molar-refractivity contribution in [3.8, 4) is 5.75 Å². The molecule has 1 aliphatic heterocycles. The third-order valence-corrected chi connectivity index (χ3v) is 5.57. The van der Waals surface area contributed by atoms with Crippen molar-refractivity contribution in [3.63, 3.8) is 0 Å². The first-order valence-corrected chi connectivity index (χ1v) is 9.30. The van der Waals surface area contributed by atoms with E-state index in [2.05, 4.69) is 16.0 Å². The molecule has 1 fully saturated rings. The molecule has 0 spiro atoms. The minimum absolute atomic E-state index is 0.486. The molecule has 26 heavy (non-hydrogen) atoms. The average Bonchev–Trinajstić information content (AvgIpc) is 3.12. The fourth-order valence-electron chi connectivity index (χ4n) is 4.02. The molecule has 2 aliphatic rings. The summed E-state index contributed by atoms with van der Waals surface area (Å²) in [5, 5.41) is 9.87. The van der Waals surface area contributed by atoms with E-state index in [0.717, 1.165) is 24.9 Å². The van der Waals surface area contributed by atoms with Gasteiger partial charge < -0.3 is 9.84 Å². The van der Waals surface area contributed by atoms with Crippen LogP contribution in [0, 0.1) is 0 Å². The number of piperidine rings is 1. The third-order valence-electron chi connectivity index (χ3n) is 5.57. The predicted molar refractivity (Wildman–Crippen MR) is 98.2 cm³/mol. The Balaban J connectivity index is 1.44. The summed E-state index contributed by atoms with van der Waals surface area (Å²) in [6.45, 7) is 2.20. The molecular weight excluding hydrogens is 328 g/mol. The van der Waals surface area contributed by atoms with Gasteiger partial charge in [-0.25, -0.2) is 4.79 Å². The zero-order valence-corrected chi connectivity index (χ0v) is 14.9. The van der Waals surface area contributed by atoms with Gasteiger partial charge in [0, 0.05) is 44.9 Å². The number of aliphatic carboxylic acids is 1. The molecule has 2 aromatic rings. The fourth-order valence-corrected chi connectivity index (χ4v) is 4.02. The lowest BCUT2D eigenvalue weighted by molar-refractivity contribution is -0.159. The molecule has 1 aromatic heterocycles. The summed E-state index contributed by atoms with van der Waals surface area (Å²) in [4.78, 5) is 18.4. The maximum Gasteiger partial charge on any atom is 0.348 e. The van der Waals surface area contributed by atoms with Gasteiger partial charge in [0.05, 0.1) is 0 Å². The van der Waals surface area contributed by atoms with Crippen LogP contribution in [0.2, 0.25) is 0 Å². The van der Waals surface area contributed by atoms with Gasteiger partial charge in [-0.15, -0.1) is 0 Å². The highest BCUT2D eigenvalue weighted by molar-refractivity contribution is 5.78. The minimum atomic E-state index is -1.13. The Bertz CT molecular complexity index is 783. The number of hydrogen-bond donors (Lipinski definition) is 1. The maximum atomic E-state index is 12.0. The van der Waals surface area contributed by atoms with E-state index in [0.29, 0.717) is 31.7 Å². The van der Waals surface area contributed by atoms with Gasteiger partial charge in [-0.05, 0) is 54.2 Å². The first-order valence-electron chi connectivity index (χ1n) is 9.30. The molecular formula is C21H24N2O3. The lowest BCUT2D eigenvalue weighted by Crippen LogP contribution is -2.53. The number of benzene rings is 1. The van der Waals surface area contributed by atoms with Crippen molar-refractivity contribution in [2.75, 3.05) is 13.1 Å². The molecule has 136 valence electrons. The molecule has 5 heteroatoms. The molecule has 5 nitrogen and oxygen atoms in total. The summed E-state index contributed by atoms with van der Waals surface area (Å²) in [7, 11) is 0. The predicted octanol–water partition coefficient (Wildman–Crippen LogP) is 3.07. The van der Waals surface area contributed by atoms with Crippen LogP contribution in [0.25, 0.3) is 0 Å². The lowest BCUT2D eigenvalue weighted by atomic mass is 9.90. The van der Waals surface area contributed by atoms with Gasteiger partial charge >= 0.3 is 5.97 Å². The molecule has 4 rings (SSSR count). The number of aromatic nitrogens is 1. The Morgan fingerprint density at radius 3 is 2.73 bits per heavy atom. The highest BCUT2D eigenvalue weighted by Gasteiger charge is 2.44. The van der Waals surface area contributed by atoms with E-state index < -0.39 is 11.6 Å². The van der Waals surface area contributed by atoms with E-state index in [-0.39, 0.29) is 0 Å². The topological polar surface area (TPSA) is 62.7 Å². The molecule has 0 atom stereocenters. The van der Waals surface area contributed by atoms with Gasteiger partial charge in [0.1, 0.15) is 5.75 Å². The number of rotatable bonds is 5. The van der Waals surface area contributed by atoms with Crippen LogP contribution in [0.5, 0.6) is 5.75 Å². The smallest absolute Gasteiger partial charge is 0.348 e. The van der Waals surface area contributed by atoms with Crippen LogP contribution in [0.15, 0.2) is 42.7 Å². The number of likely N-dealkylation sites (tertiary alicyclic amines) is 1. The summed E-state index contributed by atoms with van der Waals surface area (Å²) >= 11 is 0. The molecule has 0 unspecified atom stereocenters. The van der Waals surface area contributed by atoms with E-state index in [1.54, 1.807) is 6.20 Å². The van der Waals surface area contributed by atoms with E-state index in [1.165, 1.54) is 17.5 Å². The summed E-state index contributed by atoms with van der Waals surface area (Å²) in [6, 6.07) is 10.0. The number of carbonyl (C=O) groups is 1. The minimum Gasteiger partial charge on any atom is -0.478 e. The van der Waals surface area contributed by atoms with Crippen LogP contribution in [-0.4, -0.2) is 39.7 Å². The molecule has 1 saturated heterocycles. The molecule has 0 bridgehead atoms. The van der Waals surface area contributed by atoms with Crippen LogP contribution in [-0.2, 0) is 24.2 Å². The zero-order chi connectivity index (χ0) is 18.0. The van der Waals surface area contributed by atoms with E-state index in [9.17, 15) is 9.90 Å². The zero-order valence-electron chi connectivity index (χ0n) is 14.9. The van der Waals surface area contributed by atoms with Crippen molar-refractivity contribution >= 4 is 5.97 Å². The molecule has 0 saturated carbocycles. The number of ether oxygens (including phenoxy) is 1. The van der Waals surface area contributed by atoms with Crippen LogP contribution in [0.4, 0.5) is 0 Å². The lowest BCUT2D eigenvalue weighted by Gasteiger charge is -2.39. The number of fused-ring (bicyclic) bond motifs is 1. The summed E-state index contributed by atoms with van der Waals surface area (Å²) < 4.78 is 6.09. The van der Waals surface area contributed by atoms with Crippen LogP contribution < -0.4 is 4.74 Å². The number of pyridine rings is 1. The van der Waals surface area contributed by atoms with Gasteiger partial charge in [0.15, 0.2) is 0 Å². The molecule has 1 aromatic carbocycles. The van der Waals surface area contributed by atoms with Crippen LogP contribution in [0.3, 0.4) is 0 Å². The van der Waals surface area contributed by atoms with Crippen molar-refractivity contribution in [2.45, 2.75) is 44.2 Å². The maximum absolute atomic E-state index is 12.0. The normalized spacial score (nSPS) is 19.1. The van der Waals surface area contributed by atoms with Gasteiger partial charge in [-0.1, -0.05) is 12.1 Å². The van der Waals surface area contributed by atoms with Crippen molar-refractivity contribution in [1.82, 2.24) is 9.88 Å². The van der Waals surface area contributed by atoms with Crippen molar-refractivity contribution < 1.29 is 14.6 Å². The Labute approximate surface area is 153 Å². The third kappa shape index (κ3) is 3.44. The number of carboxylic acid groups (broad SMARTS) is 1. The quantitative estimate of drug-likeness (QED) is 0.896. The second-order valence-corrected chi connectivity index (χ2v) is 7.32. The van der Waals surface area contributed by atoms with Gasteiger partial charge in [-0.3, -0.25) is 9.88 Å². The Morgan fingerprint density at radius 2 is 2.00 bits per heavy atom. The SMILES string of the molecule is O=C(O)C1(Oc2ccc3c(c2)CCC3)CCN(Cc2cccnc2)CC1. The highest BCUT2D eigenvalue weighted by Crippen LogP contribution is 2.32. The molecule has 2 heterocycles. The fraction of sp³-hybridized carbons (Fsp3) is 0.429. The Kier molecular flexibility index (Phi) is 4.64. The molecule has 1 N–H and O–H groups in total. The van der Waals surface area contributed by atoms with Gasteiger partial charge in [-0.2, -0.15) is 0 Å². The summed E-state index contributed by atoms with van der Waals surface area (Å²) in [5.74, 6) is -0.173. The largest absolute Gasteiger partial charge is 0.478 e. The highest BCUT2D eigenvalue weighted by atomic mass is 16.5. The molecule has 0 amide bonds. The first kappa shape index (κ1) is 17.0.